The predicted molar refractivity (Wildman–Crippen MR) is 102 cm³/mol. The van der Waals surface area contributed by atoms with Gasteiger partial charge in [0.05, 0.1) is 10.2 Å². The fourth-order valence-electron chi connectivity index (χ4n) is 3.13. The lowest BCUT2D eigenvalue weighted by atomic mass is 10.1. The average molecular weight is 356 g/mol. The number of aromatic nitrogens is 3. The van der Waals surface area contributed by atoms with Crippen LogP contribution in [0.15, 0.2) is 29.3 Å². The Hall–Kier alpha value is -2.21. The Balaban J connectivity index is 2.12. The van der Waals surface area contributed by atoms with E-state index in [1.54, 1.807) is 11.3 Å². The molecule has 0 N–H and O–H groups in total. The van der Waals surface area contributed by atoms with Crippen LogP contribution >= 0.6 is 11.3 Å². The topological polar surface area (TPSA) is 52.2 Å². The van der Waals surface area contributed by atoms with Crippen molar-refractivity contribution in [1.29, 1.82) is 0 Å². The molecule has 0 fully saturated rings. The Labute approximate surface area is 151 Å². The molecule has 5 nitrogen and oxygen atoms in total. The van der Waals surface area contributed by atoms with Crippen molar-refractivity contribution < 1.29 is 4.79 Å². The summed E-state index contributed by atoms with van der Waals surface area (Å²) in [7, 11) is 0. The van der Waals surface area contributed by atoms with Gasteiger partial charge in [0.2, 0.25) is 0 Å². The van der Waals surface area contributed by atoms with Gasteiger partial charge in [-0.3, -0.25) is 9.48 Å². The van der Waals surface area contributed by atoms with Crippen LogP contribution in [0.2, 0.25) is 0 Å². The Morgan fingerprint density at radius 3 is 2.68 bits per heavy atom. The van der Waals surface area contributed by atoms with Crippen molar-refractivity contribution >= 4 is 27.5 Å². The second kappa shape index (κ2) is 6.96. The summed E-state index contributed by atoms with van der Waals surface area (Å²) in [6.07, 6.45) is 0.958. The third kappa shape index (κ3) is 3.18. The highest BCUT2D eigenvalue weighted by Crippen LogP contribution is 2.22. The molecule has 0 bridgehead atoms. The van der Waals surface area contributed by atoms with Gasteiger partial charge in [-0.2, -0.15) is 10.1 Å². The van der Waals surface area contributed by atoms with Crippen molar-refractivity contribution in [2.24, 2.45) is 4.99 Å². The number of fused-ring (bicyclic) bond motifs is 1. The Morgan fingerprint density at radius 1 is 1.32 bits per heavy atom. The first-order valence-electron chi connectivity index (χ1n) is 8.72. The molecule has 2 aromatic heterocycles. The van der Waals surface area contributed by atoms with E-state index in [2.05, 4.69) is 60.6 Å². The van der Waals surface area contributed by atoms with Gasteiger partial charge in [-0.05, 0) is 51.8 Å². The van der Waals surface area contributed by atoms with Crippen molar-refractivity contribution in [3.05, 3.63) is 46.0 Å². The van der Waals surface area contributed by atoms with Gasteiger partial charge in [-0.25, -0.2) is 0 Å². The zero-order valence-corrected chi connectivity index (χ0v) is 16.2. The summed E-state index contributed by atoms with van der Waals surface area (Å²) in [6, 6.07) is 8.33. The number of hydrogen-bond acceptors (Lipinski definition) is 3. The summed E-state index contributed by atoms with van der Waals surface area (Å²) < 4.78 is 5.15. The molecule has 3 rings (SSSR count). The highest BCUT2D eigenvalue weighted by molar-refractivity contribution is 7.16. The SMILES string of the molecule is CCc1cccc2sc(=NC(=O)c3cc(C)n(C(C)C)n3)n(CC)c12. The Bertz CT molecular complexity index is 991. The quantitative estimate of drug-likeness (QED) is 0.706. The van der Waals surface area contributed by atoms with E-state index in [1.165, 1.54) is 11.1 Å². The number of thiazole rings is 1. The lowest BCUT2D eigenvalue weighted by Crippen LogP contribution is -2.17. The van der Waals surface area contributed by atoms with E-state index in [0.717, 1.165) is 28.2 Å². The number of aryl methyl sites for hydroxylation is 3. The average Bonchev–Trinajstić information content (AvgIpc) is 3.14. The van der Waals surface area contributed by atoms with Crippen LogP contribution in [0.25, 0.3) is 10.2 Å². The van der Waals surface area contributed by atoms with Crippen molar-refractivity contribution in [3.8, 4) is 0 Å². The van der Waals surface area contributed by atoms with Crippen molar-refractivity contribution in [2.45, 2.75) is 53.6 Å². The molecule has 25 heavy (non-hydrogen) atoms. The van der Waals surface area contributed by atoms with E-state index in [9.17, 15) is 4.79 Å². The number of benzene rings is 1. The molecule has 0 saturated carbocycles. The summed E-state index contributed by atoms with van der Waals surface area (Å²) in [5, 5.41) is 4.42. The van der Waals surface area contributed by atoms with E-state index in [-0.39, 0.29) is 11.9 Å². The summed E-state index contributed by atoms with van der Waals surface area (Å²) in [6.45, 7) is 11.1. The van der Waals surface area contributed by atoms with E-state index < -0.39 is 0 Å². The number of hydrogen-bond donors (Lipinski definition) is 0. The minimum Gasteiger partial charge on any atom is -0.316 e. The van der Waals surface area contributed by atoms with E-state index in [1.807, 2.05) is 17.7 Å². The van der Waals surface area contributed by atoms with Crippen molar-refractivity contribution in [1.82, 2.24) is 14.3 Å². The second-order valence-corrected chi connectivity index (χ2v) is 7.38. The van der Waals surface area contributed by atoms with Crippen LogP contribution in [0, 0.1) is 6.92 Å². The van der Waals surface area contributed by atoms with Gasteiger partial charge in [0.1, 0.15) is 0 Å². The number of carbonyl (C=O) groups excluding carboxylic acids is 1. The molecular formula is C19H24N4OS. The summed E-state index contributed by atoms with van der Waals surface area (Å²) >= 11 is 1.56. The zero-order chi connectivity index (χ0) is 18.1. The highest BCUT2D eigenvalue weighted by Gasteiger charge is 2.15. The molecule has 0 radical (unpaired) electrons. The Morgan fingerprint density at radius 2 is 2.08 bits per heavy atom. The third-order valence-electron chi connectivity index (χ3n) is 4.31. The molecule has 0 unspecified atom stereocenters. The first-order chi connectivity index (χ1) is 12.0. The molecule has 3 aromatic rings. The lowest BCUT2D eigenvalue weighted by Gasteiger charge is -2.06. The monoisotopic (exact) mass is 356 g/mol. The van der Waals surface area contributed by atoms with Gasteiger partial charge < -0.3 is 4.57 Å². The minimum absolute atomic E-state index is 0.221. The van der Waals surface area contributed by atoms with Crippen LogP contribution < -0.4 is 4.80 Å². The zero-order valence-electron chi connectivity index (χ0n) is 15.4. The molecule has 0 aliphatic heterocycles. The van der Waals surface area contributed by atoms with Gasteiger partial charge >= 0.3 is 0 Å². The molecule has 0 saturated heterocycles. The van der Waals surface area contributed by atoms with Crippen molar-refractivity contribution in [2.75, 3.05) is 0 Å². The molecule has 0 aliphatic carbocycles. The number of amides is 1. The smallest absolute Gasteiger partial charge is 0.300 e. The Kier molecular flexibility index (Phi) is 4.90. The molecule has 0 atom stereocenters. The molecule has 2 heterocycles. The molecule has 132 valence electrons. The van der Waals surface area contributed by atoms with Crippen LogP contribution in [-0.4, -0.2) is 20.3 Å². The minimum atomic E-state index is -0.283. The van der Waals surface area contributed by atoms with E-state index >= 15 is 0 Å². The van der Waals surface area contributed by atoms with Crippen LogP contribution in [-0.2, 0) is 13.0 Å². The van der Waals surface area contributed by atoms with Crippen LogP contribution in [0.5, 0.6) is 0 Å². The van der Waals surface area contributed by atoms with E-state index in [0.29, 0.717) is 5.69 Å². The maximum Gasteiger partial charge on any atom is 0.300 e. The molecule has 0 aliphatic rings. The van der Waals surface area contributed by atoms with Gasteiger partial charge in [0.25, 0.3) is 5.91 Å². The molecule has 6 heteroatoms. The van der Waals surface area contributed by atoms with Gasteiger partial charge in [-0.1, -0.05) is 30.4 Å². The number of rotatable bonds is 4. The van der Waals surface area contributed by atoms with Crippen LogP contribution in [0.1, 0.15) is 55.5 Å². The highest BCUT2D eigenvalue weighted by atomic mass is 32.1. The maximum absolute atomic E-state index is 12.7. The van der Waals surface area contributed by atoms with Crippen LogP contribution in [0.3, 0.4) is 0 Å². The largest absolute Gasteiger partial charge is 0.316 e. The number of carbonyl (C=O) groups is 1. The standard InChI is InChI=1S/C19H24N4OS/c1-6-14-9-8-10-16-17(14)22(7-2)19(25-16)20-18(24)15-11-13(5)23(21-15)12(3)4/h8-12H,6-7H2,1-5H3. The van der Waals surface area contributed by atoms with Gasteiger partial charge in [-0.15, -0.1) is 0 Å². The molecule has 1 aromatic carbocycles. The second-order valence-electron chi connectivity index (χ2n) is 6.37. The first kappa shape index (κ1) is 17.6. The lowest BCUT2D eigenvalue weighted by molar-refractivity contribution is 0.0992. The fourth-order valence-corrected chi connectivity index (χ4v) is 4.27. The third-order valence-corrected chi connectivity index (χ3v) is 5.35. The summed E-state index contributed by atoms with van der Waals surface area (Å²) in [4.78, 5) is 17.8. The summed E-state index contributed by atoms with van der Waals surface area (Å²) in [5.41, 5.74) is 3.85. The van der Waals surface area contributed by atoms with Crippen LogP contribution in [0.4, 0.5) is 0 Å². The number of nitrogens with zero attached hydrogens (tertiary/aromatic N) is 4. The number of para-hydroxylation sites is 1. The molecule has 1 amide bonds. The summed E-state index contributed by atoms with van der Waals surface area (Å²) in [5.74, 6) is -0.283. The molecule has 0 spiro atoms. The van der Waals surface area contributed by atoms with Gasteiger partial charge in [0, 0.05) is 18.3 Å². The molecular weight excluding hydrogens is 332 g/mol. The van der Waals surface area contributed by atoms with E-state index in [4.69, 9.17) is 0 Å². The fraction of sp³-hybridized carbons (Fsp3) is 0.421. The first-order valence-corrected chi connectivity index (χ1v) is 9.54. The maximum atomic E-state index is 12.7. The van der Waals surface area contributed by atoms with Crippen molar-refractivity contribution in [3.63, 3.8) is 0 Å². The normalized spacial score (nSPS) is 12.5. The predicted octanol–water partition coefficient (Wildman–Crippen LogP) is 4.11. The van der Waals surface area contributed by atoms with Gasteiger partial charge in [0.15, 0.2) is 10.5 Å².